The molecule has 1 aliphatic carbocycles. The van der Waals surface area contributed by atoms with Gasteiger partial charge in [-0.15, -0.1) is 0 Å². The molecule has 16 heavy (non-hydrogen) atoms. The van der Waals surface area contributed by atoms with Gasteiger partial charge in [-0.05, 0) is 37.0 Å². The molecule has 0 heterocycles. The monoisotopic (exact) mass is 238 g/mol. The second-order valence-electron chi connectivity index (χ2n) is 4.60. The van der Waals surface area contributed by atoms with Gasteiger partial charge in [-0.3, -0.25) is 4.79 Å². The number of carboxylic acid groups (broad SMARTS) is 1. The predicted octanol–water partition coefficient (Wildman–Crippen LogP) is 3.53. The van der Waals surface area contributed by atoms with Gasteiger partial charge >= 0.3 is 5.97 Å². The maximum atomic E-state index is 11.4. The molecule has 1 aromatic carbocycles. The van der Waals surface area contributed by atoms with Gasteiger partial charge in [-0.25, -0.2) is 0 Å². The van der Waals surface area contributed by atoms with Crippen molar-refractivity contribution in [3.8, 4) is 0 Å². The van der Waals surface area contributed by atoms with E-state index in [1.165, 1.54) is 0 Å². The van der Waals surface area contributed by atoms with Crippen LogP contribution in [0.5, 0.6) is 0 Å². The first-order valence-corrected chi connectivity index (χ1v) is 5.98. The molecule has 0 aromatic heterocycles. The van der Waals surface area contributed by atoms with E-state index in [9.17, 15) is 9.90 Å². The smallest absolute Gasteiger partial charge is 0.309 e. The fourth-order valence-corrected chi connectivity index (χ4v) is 2.64. The summed E-state index contributed by atoms with van der Waals surface area (Å²) in [5, 5.41) is 10.0. The Kier molecular flexibility index (Phi) is 3.20. The van der Waals surface area contributed by atoms with Crippen molar-refractivity contribution < 1.29 is 9.90 Å². The Balaban J connectivity index is 2.18. The number of hydrogen-bond acceptors (Lipinski definition) is 1. The van der Waals surface area contributed by atoms with E-state index in [-0.39, 0.29) is 0 Å². The molecule has 0 bridgehead atoms. The van der Waals surface area contributed by atoms with E-state index in [0.717, 1.165) is 31.2 Å². The summed E-state index contributed by atoms with van der Waals surface area (Å²) in [5.41, 5.74) is 0.530. The molecular formula is C13H15ClO2. The van der Waals surface area contributed by atoms with Gasteiger partial charge < -0.3 is 5.11 Å². The average molecular weight is 239 g/mol. The molecule has 3 heteroatoms. The molecular weight excluding hydrogens is 224 g/mol. The molecule has 2 nitrogen and oxygen atoms in total. The zero-order valence-electron chi connectivity index (χ0n) is 9.08. The Bertz CT molecular complexity index is 377. The van der Waals surface area contributed by atoms with Crippen LogP contribution in [0, 0.1) is 5.41 Å². The summed E-state index contributed by atoms with van der Waals surface area (Å²) < 4.78 is 0. The fourth-order valence-electron chi connectivity index (χ4n) is 2.51. The van der Waals surface area contributed by atoms with Crippen LogP contribution in [0.15, 0.2) is 24.3 Å². The summed E-state index contributed by atoms with van der Waals surface area (Å²) in [6.07, 6.45) is 4.27. The van der Waals surface area contributed by atoms with Gasteiger partial charge in [0.05, 0.1) is 5.41 Å². The lowest BCUT2D eigenvalue weighted by Crippen LogP contribution is -2.30. The largest absolute Gasteiger partial charge is 0.481 e. The number of hydrogen-bond donors (Lipinski definition) is 1. The quantitative estimate of drug-likeness (QED) is 0.875. The topological polar surface area (TPSA) is 37.3 Å². The molecule has 1 saturated carbocycles. The van der Waals surface area contributed by atoms with Crippen molar-refractivity contribution in [1.82, 2.24) is 0 Å². The first kappa shape index (κ1) is 11.5. The van der Waals surface area contributed by atoms with E-state index in [0.29, 0.717) is 11.4 Å². The van der Waals surface area contributed by atoms with E-state index in [4.69, 9.17) is 11.6 Å². The lowest BCUT2D eigenvalue weighted by atomic mass is 9.80. The van der Waals surface area contributed by atoms with Crippen molar-refractivity contribution in [1.29, 1.82) is 0 Å². The molecule has 0 saturated heterocycles. The Morgan fingerprint density at radius 2 is 1.81 bits per heavy atom. The van der Waals surface area contributed by atoms with Crippen LogP contribution >= 0.6 is 11.6 Å². The van der Waals surface area contributed by atoms with Gasteiger partial charge in [0.2, 0.25) is 0 Å². The Morgan fingerprint density at radius 1 is 1.25 bits per heavy atom. The molecule has 1 N–H and O–H groups in total. The van der Waals surface area contributed by atoms with Gasteiger partial charge in [-0.2, -0.15) is 0 Å². The van der Waals surface area contributed by atoms with Crippen molar-refractivity contribution in [3.05, 3.63) is 34.9 Å². The highest BCUT2D eigenvalue weighted by Gasteiger charge is 2.41. The Labute approximate surface area is 100 Å². The average Bonchev–Trinajstić information content (AvgIpc) is 2.71. The lowest BCUT2D eigenvalue weighted by Gasteiger charge is -2.23. The van der Waals surface area contributed by atoms with E-state index >= 15 is 0 Å². The summed E-state index contributed by atoms with van der Waals surface area (Å²) in [4.78, 5) is 11.4. The summed E-state index contributed by atoms with van der Waals surface area (Å²) in [7, 11) is 0. The highest BCUT2D eigenvalue weighted by Crippen LogP contribution is 2.41. The zero-order valence-corrected chi connectivity index (χ0v) is 9.83. The van der Waals surface area contributed by atoms with Crippen LogP contribution in [0.25, 0.3) is 0 Å². The maximum absolute atomic E-state index is 11.4. The first-order valence-electron chi connectivity index (χ1n) is 5.60. The zero-order chi connectivity index (χ0) is 11.6. The van der Waals surface area contributed by atoms with E-state index in [2.05, 4.69) is 0 Å². The number of aliphatic carboxylic acids is 1. The van der Waals surface area contributed by atoms with Gasteiger partial charge in [0.15, 0.2) is 0 Å². The molecule has 1 aliphatic rings. The summed E-state index contributed by atoms with van der Waals surface area (Å²) in [5.74, 6) is -0.653. The minimum absolute atomic E-state index is 0.534. The SMILES string of the molecule is O=C(O)C1(Cc2ccc(Cl)cc2)CCCC1. The first-order chi connectivity index (χ1) is 7.62. The Hall–Kier alpha value is -1.02. The molecule has 0 amide bonds. The molecule has 86 valence electrons. The van der Waals surface area contributed by atoms with Crippen molar-refractivity contribution in [2.24, 2.45) is 5.41 Å². The van der Waals surface area contributed by atoms with E-state index < -0.39 is 11.4 Å². The summed E-state index contributed by atoms with van der Waals surface area (Å²) in [6.45, 7) is 0. The summed E-state index contributed by atoms with van der Waals surface area (Å²) in [6, 6.07) is 7.49. The minimum Gasteiger partial charge on any atom is -0.481 e. The third kappa shape index (κ3) is 2.22. The molecule has 0 spiro atoms. The number of benzene rings is 1. The normalized spacial score (nSPS) is 18.6. The highest BCUT2D eigenvalue weighted by molar-refractivity contribution is 6.30. The molecule has 0 radical (unpaired) electrons. The second-order valence-corrected chi connectivity index (χ2v) is 5.03. The van der Waals surface area contributed by atoms with Crippen LogP contribution in [0.1, 0.15) is 31.2 Å². The third-order valence-corrected chi connectivity index (χ3v) is 3.72. The predicted molar refractivity (Wildman–Crippen MR) is 63.7 cm³/mol. The maximum Gasteiger partial charge on any atom is 0.309 e. The van der Waals surface area contributed by atoms with Gasteiger partial charge in [0, 0.05) is 5.02 Å². The van der Waals surface area contributed by atoms with Crippen molar-refractivity contribution in [2.75, 3.05) is 0 Å². The van der Waals surface area contributed by atoms with E-state index in [1.54, 1.807) is 0 Å². The lowest BCUT2D eigenvalue weighted by molar-refractivity contribution is -0.148. The van der Waals surface area contributed by atoms with Gasteiger partial charge in [0.1, 0.15) is 0 Å². The van der Waals surface area contributed by atoms with Crippen molar-refractivity contribution in [3.63, 3.8) is 0 Å². The van der Waals surface area contributed by atoms with Crippen LogP contribution in [-0.2, 0) is 11.2 Å². The second kappa shape index (κ2) is 4.46. The molecule has 1 aromatic rings. The number of carbonyl (C=O) groups is 1. The molecule has 0 unspecified atom stereocenters. The number of rotatable bonds is 3. The minimum atomic E-state index is -0.653. The van der Waals surface area contributed by atoms with Crippen LogP contribution < -0.4 is 0 Å². The van der Waals surface area contributed by atoms with Crippen LogP contribution in [0.2, 0.25) is 5.02 Å². The molecule has 2 rings (SSSR count). The summed E-state index contributed by atoms with van der Waals surface area (Å²) >= 11 is 5.81. The van der Waals surface area contributed by atoms with E-state index in [1.807, 2.05) is 24.3 Å². The van der Waals surface area contributed by atoms with Crippen LogP contribution in [0.4, 0.5) is 0 Å². The molecule has 0 aliphatic heterocycles. The Morgan fingerprint density at radius 3 is 2.31 bits per heavy atom. The van der Waals surface area contributed by atoms with Crippen molar-refractivity contribution >= 4 is 17.6 Å². The third-order valence-electron chi connectivity index (χ3n) is 3.47. The van der Waals surface area contributed by atoms with Crippen LogP contribution in [-0.4, -0.2) is 11.1 Å². The standard InChI is InChI=1S/C13H15ClO2/c14-11-5-3-10(4-6-11)9-13(12(15)16)7-1-2-8-13/h3-6H,1-2,7-9H2,(H,15,16). The fraction of sp³-hybridized carbons (Fsp3) is 0.462. The van der Waals surface area contributed by atoms with Gasteiger partial charge in [-0.1, -0.05) is 36.6 Å². The van der Waals surface area contributed by atoms with Crippen molar-refractivity contribution in [2.45, 2.75) is 32.1 Å². The molecule has 0 atom stereocenters. The number of halogens is 1. The highest BCUT2D eigenvalue weighted by atomic mass is 35.5. The number of carboxylic acids is 1. The van der Waals surface area contributed by atoms with Gasteiger partial charge in [0.25, 0.3) is 0 Å². The van der Waals surface area contributed by atoms with Crippen LogP contribution in [0.3, 0.4) is 0 Å². The molecule has 1 fully saturated rings.